The van der Waals surface area contributed by atoms with Gasteiger partial charge in [0.05, 0.1) is 6.42 Å². The van der Waals surface area contributed by atoms with Crippen LogP contribution in [0.25, 0.3) is 0 Å². The Morgan fingerprint density at radius 3 is 2.93 bits per heavy atom. The summed E-state index contributed by atoms with van der Waals surface area (Å²) in [5.74, 6) is 5.51. The average Bonchev–Trinajstić information content (AvgIpc) is 2.19. The molecule has 1 aromatic carbocycles. The third-order valence-corrected chi connectivity index (χ3v) is 1.69. The predicted octanol–water partition coefficient (Wildman–Crippen LogP) is 1.83. The van der Waals surface area contributed by atoms with Gasteiger partial charge >= 0.3 is 0 Å². The van der Waals surface area contributed by atoms with Crippen LogP contribution >= 0.6 is 0 Å². The summed E-state index contributed by atoms with van der Waals surface area (Å²) in [6.07, 6.45) is 0.978. The molecule has 0 fully saturated rings. The molecule has 0 spiro atoms. The molecule has 70 valence electrons. The van der Waals surface area contributed by atoms with Gasteiger partial charge in [-0.1, -0.05) is 24.0 Å². The van der Waals surface area contributed by atoms with Crippen molar-refractivity contribution >= 4 is 12.1 Å². The van der Waals surface area contributed by atoms with E-state index in [1.165, 1.54) is 6.92 Å². The summed E-state index contributed by atoms with van der Waals surface area (Å²) in [6, 6.07) is 7.05. The fourth-order valence-electron chi connectivity index (χ4n) is 1.01. The van der Waals surface area contributed by atoms with Gasteiger partial charge in [0.25, 0.3) is 0 Å². The summed E-state index contributed by atoms with van der Waals surface area (Å²) in [5.41, 5.74) is 1.41. The summed E-state index contributed by atoms with van der Waals surface area (Å²) < 4.78 is 0. The second kappa shape index (κ2) is 4.98. The monoisotopic (exact) mass is 186 g/mol. The van der Waals surface area contributed by atoms with Crippen LogP contribution in [0, 0.1) is 11.8 Å². The molecule has 0 aliphatic rings. The van der Waals surface area contributed by atoms with Crippen LogP contribution in [-0.2, 0) is 4.79 Å². The Hall–Kier alpha value is -1.88. The number of benzene rings is 1. The minimum absolute atomic E-state index is 0.0176. The van der Waals surface area contributed by atoms with Gasteiger partial charge in [0.1, 0.15) is 6.29 Å². The number of aldehydes is 1. The van der Waals surface area contributed by atoms with Gasteiger partial charge in [-0.25, -0.2) is 0 Å². The number of carbonyl (C=O) groups is 2. The highest BCUT2D eigenvalue weighted by atomic mass is 16.1. The van der Waals surface area contributed by atoms with Crippen molar-refractivity contribution < 1.29 is 9.59 Å². The molecule has 0 aromatic heterocycles. The first-order chi connectivity index (χ1) is 6.74. The topological polar surface area (TPSA) is 34.1 Å². The van der Waals surface area contributed by atoms with E-state index in [1.54, 1.807) is 18.2 Å². The smallest absolute Gasteiger partial charge is 0.159 e. The van der Waals surface area contributed by atoms with Crippen molar-refractivity contribution in [1.29, 1.82) is 0 Å². The van der Waals surface area contributed by atoms with Crippen LogP contribution in [0.5, 0.6) is 0 Å². The molecule has 0 aliphatic heterocycles. The summed E-state index contributed by atoms with van der Waals surface area (Å²) in [7, 11) is 0. The lowest BCUT2D eigenvalue weighted by atomic mass is 10.1. The lowest BCUT2D eigenvalue weighted by molar-refractivity contribution is -0.107. The highest BCUT2D eigenvalue weighted by Gasteiger charge is 1.97. The first-order valence-electron chi connectivity index (χ1n) is 4.27. The molecular weight excluding hydrogens is 176 g/mol. The zero-order valence-electron chi connectivity index (χ0n) is 7.91. The zero-order valence-corrected chi connectivity index (χ0v) is 7.91. The van der Waals surface area contributed by atoms with E-state index in [4.69, 9.17) is 0 Å². The lowest BCUT2D eigenvalue weighted by Gasteiger charge is -1.94. The van der Waals surface area contributed by atoms with Crippen LogP contribution in [-0.4, -0.2) is 12.1 Å². The maximum absolute atomic E-state index is 11.0. The second-order valence-corrected chi connectivity index (χ2v) is 2.81. The normalized spacial score (nSPS) is 8.64. The van der Waals surface area contributed by atoms with E-state index in [9.17, 15) is 9.59 Å². The Bertz CT molecular complexity index is 408. The maximum atomic E-state index is 11.0. The summed E-state index contributed by atoms with van der Waals surface area (Å²) in [5, 5.41) is 0. The van der Waals surface area contributed by atoms with E-state index in [1.807, 2.05) is 6.07 Å². The van der Waals surface area contributed by atoms with Gasteiger partial charge in [0, 0.05) is 11.1 Å². The molecule has 0 heterocycles. The summed E-state index contributed by atoms with van der Waals surface area (Å²) >= 11 is 0. The molecular formula is C12H10O2. The van der Waals surface area contributed by atoms with Gasteiger partial charge < -0.3 is 4.79 Å². The zero-order chi connectivity index (χ0) is 10.4. The minimum Gasteiger partial charge on any atom is -0.302 e. The first-order valence-corrected chi connectivity index (χ1v) is 4.27. The van der Waals surface area contributed by atoms with E-state index in [0.717, 1.165) is 11.8 Å². The van der Waals surface area contributed by atoms with Crippen molar-refractivity contribution in [3.05, 3.63) is 35.4 Å². The number of hydrogen-bond donors (Lipinski definition) is 0. The third kappa shape index (κ3) is 2.87. The minimum atomic E-state index is 0.0176. The molecule has 0 radical (unpaired) electrons. The van der Waals surface area contributed by atoms with Crippen molar-refractivity contribution in [1.82, 2.24) is 0 Å². The molecule has 1 rings (SSSR count). The molecule has 0 aliphatic carbocycles. The molecule has 0 atom stereocenters. The predicted molar refractivity (Wildman–Crippen MR) is 54.0 cm³/mol. The van der Waals surface area contributed by atoms with E-state index >= 15 is 0 Å². The van der Waals surface area contributed by atoms with Gasteiger partial charge in [-0.2, -0.15) is 0 Å². The highest BCUT2D eigenvalue weighted by Crippen LogP contribution is 2.04. The molecule has 0 saturated heterocycles. The Morgan fingerprint density at radius 2 is 2.29 bits per heavy atom. The Kier molecular flexibility index (Phi) is 3.63. The van der Waals surface area contributed by atoms with Crippen molar-refractivity contribution in [2.45, 2.75) is 13.3 Å². The molecule has 0 saturated carbocycles. The highest BCUT2D eigenvalue weighted by molar-refractivity contribution is 5.94. The molecule has 0 unspecified atom stereocenters. The van der Waals surface area contributed by atoms with Gasteiger partial charge in [-0.05, 0) is 19.1 Å². The quantitative estimate of drug-likeness (QED) is 0.401. The molecule has 2 nitrogen and oxygen atoms in total. The Balaban J connectivity index is 2.90. The number of ketones is 1. The maximum Gasteiger partial charge on any atom is 0.159 e. The van der Waals surface area contributed by atoms with Crippen LogP contribution < -0.4 is 0 Å². The fourth-order valence-corrected chi connectivity index (χ4v) is 1.01. The average molecular weight is 186 g/mol. The largest absolute Gasteiger partial charge is 0.302 e. The van der Waals surface area contributed by atoms with E-state index in [2.05, 4.69) is 11.8 Å². The number of hydrogen-bond acceptors (Lipinski definition) is 2. The summed E-state index contributed by atoms with van der Waals surface area (Å²) in [4.78, 5) is 21.0. The molecule has 1 aromatic rings. The van der Waals surface area contributed by atoms with Crippen molar-refractivity contribution in [3.8, 4) is 11.8 Å². The van der Waals surface area contributed by atoms with Crippen LogP contribution in [0.2, 0.25) is 0 Å². The Morgan fingerprint density at radius 1 is 1.50 bits per heavy atom. The van der Waals surface area contributed by atoms with Crippen LogP contribution in [0.15, 0.2) is 24.3 Å². The van der Waals surface area contributed by atoms with Crippen molar-refractivity contribution in [3.63, 3.8) is 0 Å². The molecule has 0 N–H and O–H groups in total. The third-order valence-electron chi connectivity index (χ3n) is 1.69. The van der Waals surface area contributed by atoms with Gasteiger partial charge in [-0.3, -0.25) is 4.79 Å². The van der Waals surface area contributed by atoms with Crippen LogP contribution in [0.3, 0.4) is 0 Å². The summed E-state index contributed by atoms with van der Waals surface area (Å²) in [6.45, 7) is 1.51. The number of carbonyl (C=O) groups excluding carboxylic acids is 2. The van der Waals surface area contributed by atoms with E-state index in [0.29, 0.717) is 5.56 Å². The number of rotatable bonds is 2. The van der Waals surface area contributed by atoms with Crippen molar-refractivity contribution in [2.24, 2.45) is 0 Å². The van der Waals surface area contributed by atoms with E-state index < -0.39 is 0 Å². The molecule has 2 heteroatoms. The molecule has 0 bridgehead atoms. The lowest BCUT2D eigenvalue weighted by Crippen LogP contribution is -1.91. The standard InChI is InChI=1S/C12H10O2/c1-10(14)12-7-4-6-11(9-12)5-2-3-8-13/h4,6-9H,3H2,1H3. The van der Waals surface area contributed by atoms with Gasteiger partial charge in [0.15, 0.2) is 5.78 Å². The van der Waals surface area contributed by atoms with Gasteiger partial charge in [0.2, 0.25) is 0 Å². The fraction of sp³-hybridized carbons (Fsp3) is 0.167. The molecule has 14 heavy (non-hydrogen) atoms. The second-order valence-electron chi connectivity index (χ2n) is 2.81. The number of Topliss-reactive ketones (excluding diaryl/α,β-unsaturated/α-hetero) is 1. The molecule has 0 amide bonds. The van der Waals surface area contributed by atoms with E-state index in [-0.39, 0.29) is 12.2 Å². The first kappa shape index (κ1) is 10.2. The van der Waals surface area contributed by atoms with Crippen molar-refractivity contribution in [2.75, 3.05) is 0 Å². The van der Waals surface area contributed by atoms with Crippen LogP contribution in [0.4, 0.5) is 0 Å². The SMILES string of the molecule is CC(=O)c1cccc(C#CCC=O)c1. The van der Waals surface area contributed by atoms with Gasteiger partial charge in [-0.15, -0.1) is 0 Å². The van der Waals surface area contributed by atoms with Crippen LogP contribution in [0.1, 0.15) is 29.3 Å². The Labute approximate surface area is 82.9 Å².